The minimum atomic E-state index is 0.857. The molecule has 4 nitrogen and oxygen atoms in total. The summed E-state index contributed by atoms with van der Waals surface area (Å²) in [6, 6.07) is 56.0. The first-order valence-corrected chi connectivity index (χ1v) is 17.9. The van der Waals surface area contributed by atoms with Crippen molar-refractivity contribution in [2.24, 2.45) is 0 Å². The summed E-state index contributed by atoms with van der Waals surface area (Å²) in [5.74, 6) is 0. The predicted molar refractivity (Wildman–Crippen MR) is 215 cm³/mol. The Kier molecular flexibility index (Phi) is 6.34. The second kappa shape index (κ2) is 11.4. The van der Waals surface area contributed by atoms with Crippen LogP contribution in [0.2, 0.25) is 0 Å². The number of allylic oxidation sites excluding steroid dienone is 1. The molecule has 246 valence electrons. The van der Waals surface area contributed by atoms with Crippen LogP contribution in [0.3, 0.4) is 0 Å². The molecule has 0 aliphatic heterocycles. The fourth-order valence-corrected chi connectivity index (χ4v) is 8.37. The van der Waals surface area contributed by atoms with Crippen LogP contribution in [0.1, 0.15) is 17.7 Å². The lowest BCUT2D eigenvalue weighted by Crippen LogP contribution is -2.10. The van der Waals surface area contributed by atoms with Gasteiger partial charge >= 0.3 is 0 Å². The van der Waals surface area contributed by atoms with Crippen molar-refractivity contribution in [2.45, 2.75) is 12.8 Å². The quantitative estimate of drug-likeness (QED) is 0.183. The molecule has 0 N–H and O–H groups in total. The highest BCUT2D eigenvalue weighted by Gasteiger charge is 2.23. The molecule has 0 fully saturated rings. The zero-order valence-electron chi connectivity index (χ0n) is 28.3. The van der Waals surface area contributed by atoms with Crippen molar-refractivity contribution in [1.29, 1.82) is 0 Å². The number of nitrogens with zero attached hydrogens (tertiary/aromatic N) is 2. The molecular formula is C48H32N2O2. The molecule has 3 aromatic heterocycles. The molecule has 0 bridgehead atoms. The monoisotopic (exact) mass is 668 g/mol. The molecule has 10 aromatic rings. The molecule has 1 aliphatic rings. The van der Waals surface area contributed by atoms with Crippen molar-refractivity contribution in [3.8, 4) is 16.8 Å². The first kappa shape index (κ1) is 29.0. The minimum Gasteiger partial charge on any atom is -0.456 e. The summed E-state index contributed by atoms with van der Waals surface area (Å²) in [5, 5.41) is 5.69. The van der Waals surface area contributed by atoms with Gasteiger partial charge in [0.25, 0.3) is 0 Å². The van der Waals surface area contributed by atoms with E-state index in [2.05, 4.69) is 155 Å². The Labute approximate surface area is 300 Å². The highest BCUT2D eigenvalue weighted by Crippen LogP contribution is 2.45. The second-order valence-corrected chi connectivity index (χ2v) is 13.6. The summed E-state index contributed by atoms with van der Waals surface area (Å²) >= 11 is 0. The van der Waals surface area contributed by atoms with Gasteiger partial charge in [-0.15, -0.1) is 0 Å². The maximum absolute atomic E-state index is 6.40. The Morgan fingerprint density at radius 2 is 1.19 bits per heavy atom. The Morgan fingerprint density at radius 1 is 0.519 bits per heavy atom. The second-order valence-electron chi connectivity index (χ2n) is 13.6. The molecule has 0 amide bonds. The molecule has 1 aliphatic carbocycles. The normalized spacial score (nSPS) is 12.8. The summed E-state index contributed by atoms with van der Waals surface area (Å²) in [5.41, 5.74) is 14.1. The van der Waals surface area contributed by atoms with E-state index in [-0.39, 0.29) is 0 Å². The molecule has 0 atom stereocenters. The number of benzene rings is 7. The van der Waals surface area contributed by atoms with Crippen LogP contribution in [0.5, 0.6) is 0 Å². The zero-order valence-corrected chi connectivity index (χ0v) is 28.3. The van der Waals surface area contributed by atoms with Gasteiger partial charge in [-0.05, 0) is 79.1 Å². The highest BCUT2D eigenvalue weighted by atomic mass is 16.3. The van der Waals surface area contributed by atoms with Crippen molar-refractivity contribution in [1.82, 2.24) is 4.57 Å². The van der Waals surface area contributed by atoms with Crippen molar-refractivity contribution in [3.05, 3.63) is 175 Å². The number of aromatic nitrogens is 1. The van der Waals surface area contributed by atoms with Crippen LogP contribution < -0.4 is 4.90 Å². The zero-order chi connectivity index (χ0) is 34.2. The fraction of sp³-hybridized carbons (Fsp3) is 0.0417. The molecule has 0 unspecified atom stereocenters. The summed E-state index contributed by atoms with van der Waals surface area (Å²) in [6.45, 7) is 0. The molecule has 52 heavy (non-hydrogen) atoms. The molecule has 11 rings (SSSR count). The van der Waals surface area contributed by atoms with Crippen molar-refractivity contribution in [2.75, 3.05) is 4.90 Å². The Hall–Kier alpha value is -6.78. The number of anilines is 3. The average molecular weight is 669 g/mol. The van der Waals surface area contributed by atoms with Crippen molar-refractivity contribution < 1.29 is 8.83 Å². The predicted octanol–water partition coefficient (Wildman–Crippen LogP) is 13.5. The van der Waals surface area contributed by atoms with Crippen LogP contribution in [-0.4, -0.2) is 4.57 Å². The lowest BCUT2D eigenvalue weighted by Gasteiger charge is -2.26. The third kappa shape index (κ3) is 4.34. The van der Waals surface area contributed by atoms with E-state index < -0.39 is 0 Å². The number of fused-ring (bicyclic) bond motifs is 9. The highest BCUT2D eigenvalue weighted by molar-refractivity contribution is 6.14. The maximum Gasteiger partial charge on any atom is 0.137 e. The van der Waals surface area contributed by atoms with Crippen molar-refractivity contribution in [3.63, 3.8) is 0 Å². The van der Waals surface area contributed by atoms with E-state index in [1.54, 1.807) is 0 Å². The number of rotatable bonds is 5. The van der Waals surface area contributed by atoms with Gasteiger partial charge in [0.05, 0.1) is 22.3 Å². The van der Waals surface area contributed by atoms with E-state index in [0.717, 1.165) is 79.3 Å². The van der Waals surface area contributed by atoms with Crippen LogP contribution in [0.15, 0.2) is 173 Å². The number of para-hydroxylation sites is 4. The molecule has 7 aromatic carbocycles. The standard InChI is InChI=1S/C48H32N2O2/c1-6-17-40(50-41-18-7-2-13-35(41)36-14-3-8-19-42(36)50)34(12-1)31-24-26-32(27-25-31)49(33-28-29-38-37-15-4-9-21-44(37)52-47(38)30-33)43-20-11-23-46-48(43)39-16-5-10-22-45(39)51-46/h1-7,9-18,20-30H,8,19H2. The van der Waals surface area contributed by atoms with Gasteiger partial charge in [-0.3, -0.25) is 0 Å². The van der Waals surface area contributed by atoms with E-state index >= 15 is 0 Å². The lowest BCUT2D eigenvalue weighted by atomic mass is 10.0. The van der Waals surface area contributed by atoms with Gasteiger partial charge in [0.15, 0.2) is 0 Å². The van der Waals surface area contributed by atoms with Crippen LogP contribution in [0.25, 0.3) is 77.7 Å². The number of hydrogen-bond donors (Lipinski definition) is 0. The van der Waals surface area contributed by atoms with Gasteiger partial charge in [0.2, 0.25) is 0 Å². The number of furan rings is 2. The molecule has 0 saturated carbocycles. The third-order valence-electron chi connectivity index (χ3n) is 10.7. The fourth-order valence-electron chi connectivity index (χ4n) is 8.37. The molecule has 3 heterocycles. The van der Waals surface area contributed by atoms with Gasteiger partial charge in [-0.25, -0.2) is 0 Å². The topological polar surface area (TPSA) is 34.5 Å². The van der Waals surface area contributed by atoms with Gasteiger partial charge in [-0.2, -0.15) is 0 Å². The summed E-state index contributed by atoms with van der Waals surface area (Å²) in [6.07, 6.45) is 6.67. The molecule has 4 heteroatoms. The molecule has 0 saturated heterocycles. The van der Waals surface area contributed by atoms with E-state index in [1.807, 2.05) is 24.3 Å². The van der Waals surface area contributed by atoms with E-state index in [1.165, 1.54) is 33.4 Å². The first-order valence-electron chi connectivity index (χ1n) is 17.9. The summed E-state index contributed by atoms with van der Waals surface area (Å²) in [7, 11) is 0. The smallest absolute Gasteiger partial charge is 0.137 e. The van der Waals surface area contributed by atoms with E-state index in [4.69, 9.17) is 8.83 Å². The van der Waals surface area contributed by atoms with E-state index in [0.29, 0.717) is 0 Å². The first-order chi connectivity index (χ1) is 25.8. The largest absolute Gasteiger partial charge is 0.456 e. The van der Waals surface area contributed by atoms with Crippen LogP contribution in [0.4, 0.5) is 17.1 Å². The van der Waals surface area contributed by atoms with E-state index in [9.17, 15) is 0 Å². The number of hydrogen-bond acceptors (Lipinski definition) is 3. The third-order valence-corrected chi connectivity index (χ3v) is 10.7. The van der Waals surface area contributed by atoms with Gasteiger partial charge in [0, 0.05) is 55.8 Å². The summed E-state index contributed by atoms with van der Waals surface area (Å²) in [4.78, 5) is 2.33. The van der Waals surface area contributed by atoms with Crippen LogP contribution >= 0.6 is 0 Å². The summed E-state index contributed by atoms with van der Waals surface area (Å²) < 4.78 is 15.3. The van der Waals surface area contributed by atoms with Gasteiger partial charge < -0.3 is 18.3 Å². The maximum atomic E-state index is 6.40. The minimum absolute atomic E-state index is 0.857. The Bertz CT molecular complexity index is 3030. The van der Waals surface area contributed by atoms with Gasteiger partial charge in [0.1, 0.15) is 22.3 Å². The lowest BCUT2D eigenvalue weighted by molar-refractivity contribution is 0.669. The SMILES string of the molecule is C1=Cc2c(n(-c3ccccc3-c3ccc(N(c4ccc5c(c4)oc4ccccc45)c4cccc5oc6ccccc6c45)cc3)c3ccccc23)CC1. The Morgan fingerprint density at radius 3 is 2.08 bits per heavy atom. The van der Waals surface area contributed by atoms with Crippen molar-refractivity contribution >= 4 is 77.9 Å². The molecule has 0 spiro atoms. The van der Waals surface area contributed by atoms with Crippen LogP contribution in [-0.2, 0) is 6.42 Å². The average Bonchev–Trinajstić information content (AvgIpc) is 3.88. The van der Waals surface area contributed by atoms with Gasteiger partial charge in [-0.1, -0.05) is 103 Å². The van der Waals surface area contributed by atoms with Crippen LogP contribution in [0, 0.1) is 0 Å². The molecule has 0 radical (unpaired) electrons. The Balaban J connectivity index is 1.09. The molecular weight excluding hydrogens is 637 g/mol.